The number of hydrogen-bond acceptors (Lipinski definition) is 3. The van der Waals surface area contributed by atoms with Gasteiger partial charge in [0.25, 0.3) is 0 Å². The van der Waals surface area contributed by atoms with Crippen LogP contribution in [0.1, 0.15) is 32.6 Å². The second-order valence-electron chi connectivity index (χ2n) is 5.94. The van der Waals surface area contributed by atoms with E-state index in [1.807, 2.05) is 0 Å². The number of carboxylic acids is 1. The molecule has 1 heterocycles. The summed E-state index contributed by atoms with van der Waals surface area (Å²) >= 11 is 0. The van der Waals surface area contributed by atoms with Gasteiger partial charge >= 0.3 is 12.0 Å². The van der Waals surface area contributed by atoms with E-state index in [-0.39, 0.29) is 18.7 Å². The molecule has 2 rings (SSSR count). The molecule has 0 aromatic carbocycles. The van der Waals surface area contributed by atoms with Gasteiger partial charge in [0.15, 0.2) is 6.04 Å². The Hall–Kier alpha value is -1.30. The summed E-state index contributed by atoms with van der Waals surface area (Å²) in [7, 11) is 1.79. The number of urea groups is 1. The van der Waals surface area contributed by atoms with E-state index in [4.69, 9.17) is 4.74 Å². The van der Waals surface area contributed by atoms with Crippen LogP contribution in [0.25, 0.3) is 0 Å². The average molecular weight is 284 g/mol. The number of carboxylic acid groups (broad SMARTS) is 1. The first-order chi connectivity index (χ1) is 9.50. The van der Waals surface area contributed by atoms with Crippen molar-refractivity contribution < 1.29 is 19.4 Å². The van der Waals surface area contributed by atoms with Crippen LogP contribution in [-0.4, -0.2) is 65.8 Å². The lowest BCUT2D eigenvalue weighted by atomic mass is 9.86. The van der Waals surface area contributed by atoms with Crippen LogP contribution in [0.3, 0.4) is 0 Å². The van der Waals surface area contributed by atoms with Crippen LogP contribution in [0.5, 0.6) is 0 Å². The van der Waals surface area contributed by atoms with Crippen LogP contribution in [0.4, 0.5) is 4.79 Å². The second-order valence-corrected chi connectivity index (χ2v) is 5.94. The Labute approximate surface area is 119 Å². The molecule has 1 saturated carbocycles. The number of morpholine rings is 1. The Morgan fingerprint density at radius 2 is 2.10 bits per heavy atom. The van der Waals surface area contributed by atoms with E-state index in [9.17, 15) is 14.7 Å². The Morgan fingerprint density at radius 1 is 1.35 bits per heavy atom. The lowest BCUT2D eigenvalue weighted by Crippen LogP contribution is -2.57. The van der Waals surface area contributed by atoms with Crippen molar-refractivity contribution in [3.63, 3.8) is 0 Å². The van der Waals surface area contributed by atoms with E-state index in [1.165, 1.54) is 11.3 Å². The van der Waals surface area contributed by atoms with Crippen molar-refractivity contribution >= 4 is 12.0 Å². The number of rotatable bonds is 2. The fourth-order valence-corrected chi connectivity index (χ4v) is 3.15. The highest BCUT2D eigenvalue weighted by atomic mass is 16.5. The average Bonchev–Trinajstić information content (AvgIpc) is 2.45. The number of aliphatic carboxylic acids is 1. The van der Waals surface area contributed by atoms with Gasteiger partial charge in [-0.25, -0.2) is 9.59 Å². The van der Waals surface area contributed by atoms with E-state index < -0.39 is 12.0 Å². The van der Waals surface area contributed by atoms with Crippen molar-refractivity contribution in [1.82, 2.24) is 9.80 Å². The number of nitrogens with zero attached hydrogens (tertiary/aromatic N) is 2. The monoisotopic (exact) mass is 284 g/mol. The van der Waals surface area contributed by atoms with Gasteiger partial charge in [-0.2, -0.15) is 0 Å². The number of ether oxygens (including phenoxy) is 1. The third-order valence-corrected chi connectivity index (χ3v) is 4.42. The Bertz CT molecular complexity index is 374. The first-order valence-electron chi connectivity index (χ1n) is 7.34. The fraction of sp³-hybridized carbons (Fsp3) is 0.857. The molecule has 0 aromatic rings. The zero-order chi connectivity index (χ0) is 14.7. The first kappa shape index (κ1) is 15.1. The maximum Gasteiger partial charge on any atom is 0.328 e. The number of carbonyl (C=O) groups excluding carboxylic acids is 1. The highest BCUT2D eigenvalue weighted by molar-refractivity contribution is 5.83. The number of carbonyl (C=O) groups is 2. The molecule has 1 N–H and O–H groups in total. The van der Waals surface area contributed by atoms with E-state index in [2.05, 4.69) is 6.92 Å². The summed E-state index contributed by atoms with van der Waals surface area (Å²) in [5.41, 5.74) is 0. The zero-order valence-electron chi connectivity index (χ0n) is 12.2. The smallest absolute Gasteiger partial charge is 0.328 e. The van der Waals surface area contributed by atoms with Gasteiger partial charge in [-0.3, -0.25) is 0 Å². The van der Waals surface area contributed by atoms with Gasteiger partial charge in [-0.1, -0.05) is 19.8 Å². The summed E-state index contributed by atoms with van der Waals surface area (Å²) in [6.45, 7) is 3.04. The Morgan fingerprint density at radius 3 is 2.75 bits per heavy atom. The SMILES string of the molecule is CC1CCCC(N(C)C(=O)N2CCOCC2C(=O)O)C1. The molecule has 1 aliphatic heterocycles. The molecule has 1 aliphatic carbocycles. The quantitative estimate of drug-likeness (QED) is 0.832. The van der Waals surface area contributed by atoms with Gasteiger partial charge in [0.1, 0.15) is 0 Å². The van der Waals surface area contributed by atoms with Gasteiger partial charge in [0.2, 0.25) is 0 Å². The van der Waals surface area contributed by atoms with Crippen molar-refractivity contribution in [2.45, 2.75) is 44.7 Å². The summed E-state index contributed by atoms with van der Waals surface area (Å²) in [6.07, 6.45) is 4.36. The molecule has 114 valence electrons. The molecular formula is C14H24N2O4. The minimum Gasteiger partial charge on any atom is -0.480 e. The molecule has 2 fully saturated rings. The zero-order valence-corrected chi connectivity index (χ0v) is 12.2. The van der Waals surface area contributed by atoms with Gasteiger partial charge in [-0.15, -0.1) is 0 Å². The Kier molecular flexibility index (Phi) is 4.86. The lowest BCUT2D eigenvalue weighted by Gasteiger charge is -2.40. The summed E-state index contributed by atoms with van der Waals surface area (Å²) in [4.78, 5) is 26.9. The summed E-state index contributed by atoms with van der Waals surface area (Å²) in [5, 5.41) is 9.20. The Balaban J connectivity index is 2.02. The van der Waals surface area contributed by atoms with E-state index in [1.54, 1.807) is 11.9 Å². The topological polar surface area (TPSA) is 70.1 Å². The highest BCUT2D eigenvalue weighted by Crippen LogP contribution is 2.27. The van der Waals surface area contributed by atoms with Gasteiger partial charge < -0.3 is 19.6 Å². The predicted octanol–water partition coefficient (Wildman–Crippen LogP) is 1.40. The predicted molar refractivity (Wildman–Crippen MR) is 73.5 cm³/mol. The molecule has 6 nitrogen and oxygen atoms in total. The standard InChI is InChI=1S/C14H24N2O4/c1-10-4-3-5-11(8-10)15(2)14(19)16-6-7-20-9-12(16)13(17)18/h10-12H,3-9H2,1-2H3,(H,17,18). The summed E-state index contributed by atoms with van der Waals surface area (Å²) in [6, 6.07) is -0.817. The van der Waals surface area contributed by atoms with Crippen LogP contribution in [0.2, 0.25) is 0 Å². The number of hydrogen-bond donors (Lipinski definition) is 1. The maximum absolute atomic E-state index is 12.6. The minimum atomic E-state index is -0.997. The molecule has 0 spiro atoms. The van der Waals surface area contributed by atoms with Crippen LogP contribution in [0, 0.1) is 5.92 Å². The van der Waals surface area contributed by atoms with Crippen molar-refractivity contribution in [1.29, 1.82) is 0 Å². The van der Waals surface area contributed by atoms with Crippen molar-refractivity contribution in [2.75, 3.05) is 26.8 Å². The number of amides is 2. The van der Waals surface area contributed by atoms with Crippen LogP contribution in [0.15, 0.2) is 0 Å². The summed E-state index contributed by atoms with van der Waals surface area (Å²) in [5.74, 6) is -0.368. The third kappa shape index (κ3) is 3.23. The van der Waals surface area contributed by atoms with Crippen LogP contribution in [-0.2, 0) is 9.53 Å². The third-order valence-electron chi connectivity index (χ3n) is 4.42. The minimum absolute atomic E-state index is 0.0793. The maximum atomic E-state index is 12.6. The molecule has 2 amide bonds. The van der Waals surface area contributed by atoms with Crippen molar-refractivity contribution in [3.05, 3.63) is 0 Å². The molecule has 0 bridgehead atoms. The van der Waals surface area contributed by atoms with E-state index in [0.717, 1.165) is 19.3 Å². The molecular weight excluding hydrogens is 260 g/mol. The van der Waals surface area contributed by atoms with Crippen LogP contribution < -0.4 is 0 Å². The molecule has 6 heteroatoms. The normalized spacial score (nSPS) is 30.9. The molecule has 2 aliphatic rings. The molecule has 3 unspecified atom stereocenters. The molecule has 0 radical (unpaired) electrons. The molecule has 3 atom stereocenters. The van der Waals surface area contributed by atoms with E-state index >= 15 is 0 Å². The fourth-order valence-electron chi connectivity index (χ4n) is 3.15. The largest absolute Gasteiger partial charge is 0.480 e. The van der Waals surface area contributed by atoms with Gasteiger partial charge in [-0.05, 0) is 18.8 Å². The molecule has 1 saturated heterocycles. The van der Waals surface area contributed by atoms with Crippen molar-refractivity contribution in [2.24, 2.45) is 5.92 Å². The van der Waals surface area contributed by atoms with Gasteiger partial charge in [0, 0.05) is 19.6 Å². The molecule has 0 aromatic heterocycles. The summed E-state index contributed by atoms with van der Waals surface area (Å²) < 4.78 is 5.17. The van der Waals surface area contributed by atoms with Crippen LogP contribution >= 0.6 is 0 Å². The first-order valence-corrected chi connectivity index (χ1v) is 7.34. The second kappa shape index (κ2) is 6.43. The molecule has 20 heavy (non-hydrogen) atoms. The lowest BCUT2D eigenvalue weighted by molar-refractivity contribution is -0.147. The van der Waals surface area contributed by atoms with Crippen molar-refractivity contribution in [3.8, 4) is 0 Å². The van der Waals surface area contributed by atoms with Gasteiger partial charge in [0.05, 0.1) is 13.2 Å². The van der Waals surface area contributed by atoms with E-state index in [0.29, 0.717) is 19.1 Å². The highest BCUT2D eigenvalue weighted by Gasteiger charge is 2.36.